The van der Waals surface area contributed by atoms with Gasteiger partial charge in [-0.25, -0.2) is 4.39 Å². The van der Waals surface area contributed by atoms with Crippen molar-refractivity contribution in [1.82, 2.24) is 9.88 Å². The van der Waals surface area contributed by atoms with Gasteiger partial charge in [0.15, 0.2) is 0 Å². The standard InChI is InChI=1S/C18H26FN3O/c1-3-22(11-12-23)10-4-5-14(2)21-17-8-9-20-18-13-15(19)6-7-16(17)18/h6-9,13-14,23H,3-5,10-12H2,1-2H3,(H,20,21)/t14-/m0/s1. The molecule has 0 fully saturated rings. The van der Waals surface area contributed by atoms with Crippen LogP contribution in [0.3, 0.4) is 0 Å². The molecule has 0 saturated heterocycles. The molecular weight excluding hydrogens is 293 g/mol. The lowest BCUT2D eigenvalue weighted by molar-refractivity contribution is 0.199. The SMILES string of the molecule is CCN(CCO)CCC[C@H](C)Nc1ccnc2cc(F)ccc12. The average Bonchev–Trinajstić information content (AvgIpc) is 2.54. The maximum absolute atomic E-state index is 13.3. The lowest BCUT2D eigenvalue weighted by Gasteiger charge is -2.21. The minimum Gasteiger partial charge on any atom is -0.395 e. The van der Waals surface area contributed by atoms with Crippen LogP contribution in [0.4, 0.5) is 10.1 Å². The van der Waals surface area contributed by atoms with Gasteiger partial charge in [-0.1, -0.05) is 6.92 Å². The van der Waals surface area contributed by atoms with Crippen LogP contribution < -0.4 is 5.32 Å². The second-order valence-electron chi connectivity index (χ2n) is 5.87. The summed E-state index contributed by atoms with van der Waals surface area (Å²) in [7, 11) is 0. The molecule has 4 nitrogen and oxygen atoms in total. The van der Waals surface area contributed by atoms with Gasteiger partial charge < -0.3 is 15.3 Å². The Morgan fingerprint density at radius 3 is 2.87 bits per heavy atom. The van der Waals surface area contributed by atoms with Gasteiger partial charge in [0.1, 0.15) is 5.82 Å². The minimum atomic E-state index is -0.265. The Kier molecular flexibility index (Phi) is 6.74. The topological polar surface area (TPSA) is 48.4 Å². The van der Waals surface area contributed by atoms with E-state index in [1.165, 1.54) is 12.1 Å². The first-order valence-corrected chi connectivity index (χ1v) is 8.28. The Morgan fingerprint density at radius 1 is 1.30 bits per heavy atom. The molecule has 0 amide bonds. The molecule has 2 rings (SSSR count). The van der Waals surface area contributed by atoms with Gasteiger partial charge in [-0.3, -0.25) is 4.98 Å². The number of likely N-dealkylation sites (N-methyl/N-ethyl adjacent to an activating group) is 1. The van der Waals surface area contributed by atoms with Crippen molar-refractivity contribution in [3.8, 4) is 0 Å². The normalized spacial score (nSPS) is 12.7. The third kappa shape index (κ3) is 5.15. The van der Waals surface area contributed by atoms with Crippen molar-refractivity contribution in [2.24, 2.45) is 0 Å². The Balaban J connectivity index is 1.91. The number of pyridine rings is 1. The fraction of sp³-hybridized carbons (Fsp3) is 0.500. The summed E-state index contributed by atoms with van der Waals surface area (Å²) < 4.78 is 13.3. The first-order valence-electron chi connectivity index (χ1n) is 8.28. The highest BCUT2D eigenvalue weighted by atomic mass is 19.1. The molecule has 1 aromatic carbocycles. The van der Waals surface area contributed by atoms with Crippen molar-refractivity contribution in [3.05, 3.63) is 36.3 Å². The second kappa shape index (κ2) is 8.79. The largest absolute Gasteiger partial charge is 0.395 e. The molecule has 0 bridgehead atoms. The molecule has 0 spiro atoms. The molecule has 0 saturated carbocycles. The highest BCUT2D eigenvalue weighted by Crippen LogP contribution is 2.23. The minimum absolute atomic E-state index is 0.210. The van der Waals surface area contributed by atoms with E-state index in [-0.39, 0.29) is 12.4 Å². The number of rotatable bonds is 9. The maximum Gasteiger partial charge on any atom is 0.125 e. The summed E-state index contributed by atoms with van der Waals surface area (Å²) in [4.78, 5) is 6.46. The molecule has 126 valence electrons. The van der Waals surface area contributed by atoms with Crippen LogP contribution in [-0.2, 0) is 0 Å². The highest BCUT2D eigenvalue weighted by molar-refractivity contribution is 5.91. The van der Waals surface area contributed by atoms with Crippen LogP contribution in [0.2, 0.25) is 0 Å². The first-order chi connectivity index (χ1) is 11.1. The number of aromatic nitrogens is 1. The van der Waals surface area contributed by atoms with Crippen LogP contribution in [0.1, 0.15) is 26.7 Å². The summed E-state index contributed by atoms with van der Waals surface area (Å²) >= 11 is 0. The maximum atomic E-state index is 13.3. The molecule has 1 heterocycles. The van der Waals surface area contributed by atoms with Gasteiger partial charge in [0.2, 0.25) is 0 Å². The molecule has 0 radical (unpaired) electrons. The number of nitrogens with zero attached hydrogens (tertiary/aromatic N) is 2. The average molecular weight is 319 g/mol. The van der Waals surface area contributed by atoms with Crippen molar-refractivity contribution in [1.29, 1.82) is 0 Å². The first kappa shape index (κ1) is 17.6. The van der Waals surface area contributed by atoms with Crippen molar-refractivity contribution < 1.29 is 9.50 Å². The molecule has 1 atom stereocenters. The monoisotopic (exact) mass is 319 g/mol. The number of aliphatic hydroxyl groups excluding tert-OH is 1. The Bertz CT molecular complexity index is 620. The van der Waals surface area contributed by atoms with Gasteiger partial charge in [0, 0.05) is 35.9 Å². The predicted molar refractivity (Wildman–Crippen MR) is 93.2 cm³/mol. The van der Waals surface area contributed by atoms with E-state index in [1.54, 1.807) is 12.3 Å². The molecule has 23 heavy (non-hydrogen) atoms. The summed E-state index contributed by atoms with van der Waals surface area (Å²) in [6.45, 7) is 7.16. The fourth-order valence-electron chi connectivity index (χ4n) is 2.78. The molecule has 0 unspecified atom stereocenters. The van der Waals surface area contributed by atoms with E-state index < -0.39 is 0 Å². The summed E-state index contributed by atoms with van der Waals surface area (Å²) in [5.41, 5.74) is 1.66. The van der Waals surface area contributed by atoms with E-state index in [2.05, 4.69) is 29.0 Å². The van der Waals surface area contributed by atoms with Gasteiger partial charge in [-0.2, -0.15) is 0 Å². The molecule has 2 N–H and O–H groups in total. The number of halogens is 1. The van der Waals surface area contributed by atoms with Gasteiger partial charge in [0.05, 0.1) is 12.1 Å². The van der Waals surface area contributed by atoms with Crippen molar-refractivity contribution in [2.75, 3.05) is 31.6 Å². The van der Waals surface area contributed by atoms with Crippen molar-refractivity contribution in [3.63, 3.8) is 0 Å². The second-order valence-corrected chi connectivity index (χ2v) is 5.87. The summed E-state index contributed by atoms with van der Waals surface area (Å²) in [6.07, 6.45) is 3.81. The van der Waals surface area contributed by atoms with E-state index in [4.69, 9.17) is 5.11 Å². The summed E-state index contributed by atoms with van der Waals surface area (Å²) in [5, 5.41) is 13.4. The molecule has 5 heteroatoms. The van der Waals surface area contributed by atoms with Gasteiger partial charge in [-0.15, -0.1) is 0 Å². The van der Waals surface area contributed by atoms with Crippen molar-refractivity contribution >= 4 is 16.6 Å². The van der Waals surface area contributed by atoms with Gasteiger partial charge >= 0.3 is 0 Å². The van der Waals surface area contributed by atoms with E-state index in [0.717, 1.165) is 43.5 Å². The zero-order valence-corrected chi connectivity index (χ0v) is 13.9. The quantitative estimate of drug-likeness (QED) is 0.745. The zero-order chi connectivity index (χ0) is 16.7. The van der Waals surface area contributed by atoms with Crippen LogP contribution in [0, 0.1) is 5.82 Å². The summed E-state index contributed by atoms with van der Waals surface area (Å²) in [5.74, 6) is -0.265. The zero-order valence-electron chi connectivity index (χ0n) is 13.9. The number of fused-ring (bicyclic) bond motifs is 1. The number of aliphatic hydroxyl groups is 1. The van der Waals surface area contributed by atoms with Crippen molar-refractivity contribution in [2.45, 2.75) is 32.7 Å². The van der Waals surface area contributed by atoms with Gasteiger partial charge in [0.25, 0.3) is 0 Å². The fourth-order valence-corrected chi connectivity index (χ4v) is 2.78. The summed E-state index contributed by atoms with van der Waals surface area (Å²) in [6, 6.07) is 6.94. The van der Waals surface area contributed by atoms with E-state index in [1.807, 2.05) is 6.07 Å². The smallest absolute Gasteiger partial charge is 0.125 e. The lowest BCUT2D eigenvalue weighted by Crippen LogP contribution is -2.28. The number of anilines is 1. The number of benzene rings is 1. The molecular formula is C18H26FN3O. The number of hydrogen-bond acceptors (Lipinski definition) is 4. The Morgan fingerprint density at radius 2 is 2.13 bits per heavy atom. The third-order valence-corrected chi connectivity index (χ3v) is 4.08. The number of nitrogens with one attached hydrogen (secondary N) is 1. The van der Waals surface area contributed by atoms with E-state index in [9.17, 15) is 4.39 Å². The Hall–Kier alpha value is -1.72. The van der Waals surface area contributed by atoms with Crippen LogP contribution in [0.15, 0.2) is 30.5 Å². The van der Waals surface area contributed by atoms with Gasteiger partial charge in [-0.05, 0) is 51.1 Å². The highest BCUT2D eigenvalue weighted by Gasteiger charge is 2.08. The Labute approximate surface area is 137 Å². The van der Waals surface area contributed by atoms with Crippen LogP contribution in [0.25, 0.3) is 10.9 Å². The lowest BCUT2D eigenvalue weighted by atomic mass is 10.1. The predicted octanol–water partition coefficient (Wildman–Crippen LogP) is 3.27. The van der Waals surface area contributed by atoms with Crippen LogP contribution >= 0.6 is 0 Å². The molecule has 0 aliphatic rings. The van der Waals surface area contributed by atoms with Crippen LogP contribution in [-0.4, -0.2) is 47.3 Å². The number of hydrogen-bond donors (Lipinski definition) is 2. The third-order valence-electron chi connectivity index (χ3n) is 4.08. The molecule has 2 aromatic rings. The molecule has 0 aliphatic heterocycles. The molecule has 1 aromatic heterocycles. The van der Waals surface area contributed by atoms with E-state index in [0.29, 0.717) is 11.6 Å². The molecule has 0 aliphatic carbocycles. The van der Waals surface area contributed by atoms with Crippen LogP contribution in [0.5, 0.6) is 0 Å². The van der Waals surface area contributed by atoms with E-state index >= 15 is 0 Å².